The van der Waals surface area contributed by atoms with Gasteiger partial charge in [0, 0.05) is 12.6 Å². The molecule has 0 saturated heterocycles. The Balaban J connectivity index is 4.17. The summed E-state index contributed by atoms with van der Waals surface area (Å²) in [6, 6.07) is 0.361. The quantitative estimate of drug-likeness (QED) is 0.676. The van der Waals surface area contributed by atoms with Crippen LogP contribution >= 0.6 is 0 Å². The second-order valence-electron chi connectivity index (χ2n) is 4.47. The second-order valence-corrected chi connectivity index (χ2v) is 4.47. The first kappa shape index (κ1) is 14.4. The Morgan fingerprint density at radius 2 is 1.93 bits per heavy atom. The van der Waals surface area contributed by atoms with Crippen LogP contribution in [-0.4, -0.2) is 35.1 Å². The van der Waals surface area contributed by atoms with Crippen molar-refractivity contribution in [1.82, 2.24) is 4.90 Å². The Hall–Kier alpha value is -0.570. The number of nitrogens with zero attached hydrogens (tertiary/aromatic N) is 1. The van der Waals surface area contributed by atoms with Gasteiger partial charge in [-0.05, 0) is 25.7 Å². The average molecular weight is 215 g/mol. The summed E-state index contributed by atoms with van der Waals surface area (Å²) in [6.07, 6.45) is 3.35. The lowest BCUT2D eigenvalue weighted by Gasteiger charge is -2.29. The van der Waals surface area contributed by atoms with Crippen molar-refractivity contribution < 1.29 is 9.90 Å². The second kappa shape index (κ2) is 7.69. The number of carboxylic acid groups (broad SMARTS) is 1. The molecule has 1 N–H and O–H groups in total. The molecule has 0 heterocycles. The Bertz CT molecular complexity index is 182. The molecule has 0 saturated carbocycles. The number of rotatable bonds is 8. The molecule has 2 unspecified atom stereocenters. The third-order valence-corrected chi connectivity index (χ3v) is 2.88. The summed E-state index contributed by atoms with van der Waals surface area (Å²) < 4.78 is 0. The molecule has 0 bridgehead atoms. The number of hydrogen-bond donors (Lipinski definition) is 1. The van der Waals surface area contributed by atoms with Crippen molar-refractivity contribution in [1.29, 1.82) is 0 Å². The first-order valence-corrected chi connectivity index (χ1v) is 5.97. The molecule has 0 aliphatic carbocycles. The molecule has 0 amide bonds. The molecule has 0 rings (SSSR count). The van der Waals surface area contributed by atoms with E-state index in [1.54, 1.807) is 0 Å². The molecule has 0 fully saturated rings. The lowest BCUT2D eigenvalue weighted by Crippen LogP contribution is -2.39. The Morgan fingerprint density at radius 1 is 1.33 bits per heavy atom. The normalized spacial score (nSPS) is 15.3. The highest BCUT2D eigenvalue weighted by Crippen LogP contribution is 2.11. The fraction of sp³-hybridized carbons (Fsp3) is 0.917. The van der Waals surface area contributed by atoms with Crippen LogP contribution in [0.5, 0.6) is 0 Å². The van der Waals surface area contributed by atoms with Crippen LogP contribution < -0.4 is 0 Å². The summed E-state index contributed by atoms with van der Waals surface area (Å²) in [6.45, 7) is 9.63. The zero-order valence-electron chi connectivity index (χ0n) is 10.5. The van der Waals surface area contributed by atoms with Crippen LogP contribution in [0.2, 0.25) is 0 Å². The van der Waals surface area contributed by atoms with Gasteiger partial charge in [-0.15, -0.1) is 0 Å². The monoisotopic (exact) mass is 215 g/mol. The smallest absolute Gasteiger partial charge is 0.317 e. The Kier molecular flexibility index (Phi) is 7.39. The number of hydrogen-bond acceptors (Lipinski definition) is 2. The molecule has 0 aliphatic rings. The van der Waals surface area contributed by atoms with Gasteiger partial charge in [-0.1, -0.05) is 27.2 Å². The molecule has 0 aromatic heterocycles. The minimum absolute atomic E-state index is 0.170. The van der Waals surface area contributed by atoms with Crippen molar-refractivity contribution in [3.63, 3.8) is 0 Å². The van der Waals surface area contributed by atoms with E-state index in [4.69, 9.17) is 5.11 Å². The zero-order chi connectivity index (χ0) is 11.8. The van der Waals surface area contributed by atoms with Crippen molar-refractivity contribution in [2.75, 3.05) is 13.1 Å². The van der Waals surface area contributed by atoms with Crippen molar-refractivity contribution >= 4 is 5.97 Å². The maximum absolute atomic E-state index is 10.7. The van der Waals surface area contributed by atoms with Gasteiger partial charge in [0.25, 0.3) is 0 Å². The van der Waals surface area contributed by atoms with Crippen LogP contribution in [0.15, 0.2) is 0 Å². The van der Waals surface area contributed by atoms with E-state index in [1.165, 1.54) is 12.8 Å². The fourth-order valence-electron chi connectivity index (χ4n) is 1.82. The lowest BCUT2D eigenvalue weighted by atomic mass is 10.0. The van der Waals surface area contributed by atoms with Crippen LogP contribution in [0.1, 0.15) is 47.0 Å². The van der Waals surface area contributed by atoms with E-state index in [9.17, 15) is 4.79 Å². The predicted molar refractivity (Wildman–Crippen MR) is 63.0 cm³/mol. The number of carboxylic acids is 1. The van der Waals surface area contributed by atoms with Gasteiger partial charge >= 0.3 is 5.97 Å². The summed E-state index contributed by atoms with van der Waals surface area (Å²) in [5.41, 5.74) is 0. The van der Waals surface area contributed by atoms with Gasteiger partial charge in [-0.3, -0.25) is 9.69 Å². The molecular formula is C12H25NO2. The molecule has 0 aromatic carbocycles. The topological polar surface area (TPSA) is 40.5 Å². The summed E-state index contributed by atoms with van der Waals surface area (Å²) in [5.74, 6) is -0.137. The van der Waals surface area contributed by atoms with E-state index in [0.29, 0.717) is 12.0 Å². The van der Waals surface area contributed by atoms with Crippen molar-refractivity contribution in [3.05, 3.63) is 0 Å². The average Bonchev–Trinajstić information content (AvgIpc) is 2.15. The van der Waals surface area contributed by atoms with Gasteiger partial charge in [0.15, 0.2) is 0 Å². The standard InChI is InChI=1S/C12H25NO2/c1-5-7-10(3)8-13(9-12(14)15)11(4)6-2/h10-11H,5-9H2,1-4H3,(H,14,15). The largest absolute Gasteiger partial charge is 0.480 e. The van der Waals surface area contributed by atoms with E-state index in [2.05, 4.69) is 32.6 Å². The Labute approximate surface area is 93.5 Å². The van der Waals surface area contributed by atoms with Crippen LogP contribution in [-0.2, 0) is 4.79 Å². The maximum atomic E-state index is 10.7. The summed E-state index contributed by atoms with van der Waals surface area (Å²) >= 11 is 0. The van der Waals surface area contributed by atoms with Gasteiger partial charge in [0.05, 0.1) is 6.54 Å². The highest BCUT2D eigenvalue weighted by atomic mass is 16.4. The summed E-state index contributed by atoms with van der Waals surface area (Å²) in [5, 5.41) is 8.83. The van der Waals surface area contributed by atoms with Crippen molar-refractivity contribution in [3.8, 4) is 0 Å². The van der Waals surface area contributed by atoms with Crippen LogP contribution in [0.4, 0.5) is 0 Å². The number of aliphatic carboxylic acids is 1. The number of carbonyl (C=O) groups is 1. The minimum atomic E-state index is -0.723. The van der Waals surface area contributed by atoms with E-state index in [0.717, 1.165) is 13.0 Å². The zero-order valence-corrected chi connectivity index (χ0v) is 10.5. The third kappa shape index (κ3) is 6.50. The molecule has 0 radical (unpaired) electrons. The molecule has 90 valence electrons. The summed E-state index contributed by atoms with van der Waals surface area (Å²) in [7, 11) is 0. The lowest BCUT2D eigenvalue weighted by molar-refractivity contribution is -0.139. The van der Waals surface area contributed by atoms with E-state index < -0.39 is 5.97 Å². The van der Waals surface area contributed by atoms with Crippen LogP contribution in [0.25, 0.3) is 0 Å². The van der Waals surface area contributed by atoms with Gasteiger partial charge in [0.1, 0.15) is 0 Å². The Morgan fingerprint density at radius 3 is 2.33 bits per heavy atom. The molecule has 0 spiro atoms. The van der Waals surface area contributed by atoms with Crippen molar-refractivity contribution in [2.45, 2.75) is 53.0 Å². The SMILES string of the molecule is CCCC(C)CN(CC(=O)O)C(C)CC. The molecule has 0 aliphatic heterocycles. The predicted octanol–water partition coefficient (Wildman–Crippen LogP) is 2.61. The van der Waals surface area contributed by atoms with Gasteiger partial charge < -0.3 is 5.11 Å². The van der Waals surface area contributed by atoms with Gasteiger partial charge in [-0.25, -0.2) is 0 Å². The van der Waals surface area contributed by atoms with Gasteiger partial charge in [0.2, 0.25) is 0 Å². The van der Waals surface area contributed by atoms with E-state index in [1.807, 2.05) is 0 Å². The maximum Gasteiger partial charge on any atom is 0.317 e. The molecular weight excluding hydrogens is 190 g/mol. The third-order valence-electron chi connectivity index (χ3n) is 2.88. The first-order valence-electron chi connectivity index (χ1n) is 5.97. The highest BCUT2D eigenvalue weighted by molar-refractivity contribution is 5.69. The molecule has 0 aromatic rings. The first-order chi connectivity index (χ1) is 7.01. The van der Waals surface area contributed by atoms with Crippen LogP contribution in [0, 0.1) is 5.92 Å². The molecule has 2 atom stereocenters. The van der Waals surface area contributed by atoms with Crippen LogP contribution in [0.3, 0.4) is 0 Å². The minimum Gasteiger partial charge on any atom is -0.480 e. The molecule has 3 nitrogen and oxygen atoms in total. The van der Waals surface area contributed by atoms with E-state index in [-0.39, 0.29) is 6.54 Å². The summed E-state index contributed by atoms with van der Waals surface area (Å²) in [4.78, 5) is 12.8. The molecule has 3 heteroatoms. The van der Waals surface area contributed by atoms with Crippen molar-refractivity contribution in [2.24, 2.45) is 5.92 Å². The van der Waals surface area contributed by atoms with Gasteiger partial charge in [-0.2, -0.15) is 0 Å². The fourth-order valence-corrected chi connectivity index (χ4v) is 1.82. The molecule has 15 heavy (non-hydrogen) atoms. The van der Waals surface area contributed by atoms with E-state index >= 15 is 0 Å². The highest BCUT2D eigenvalue weighted by Gasteiger charge is 2.17.